The molecular formula is C21H19FN4O3. The molecule has 1 aliphatic rings. The minimum Gasteiger partial charge on any atom is -0.455 e. The van der Waals surface area contributed by atoms with E-state index >= 15 is 0 Å². The van der Waals surface area contributed by atoms with Gasteiger partial charge in [-0.25, -0.2) is 4.39 Å². The third kappa shape index (κ3) is 4.43. The summed E-state index contributed by atoms with van der Waals surface area (Å²) in [5, 5.41) is 12.1. The fourth-order valence-corrected chi connectivity index (χ4v) is 3.27. The van der Waals surface area contributed by atoms with E-state index in [0.29, 0.717) is 18.6 Å². The van der Waals surface area contributed by atoms with Crippen molar-refractivity contribution in [3.05, 3.63) is 71.8 Å². The Bertz CT molecular complexity index is 1040. The van der Waals surface area contributed by atoms with Crippen molar-refractivity contribution in [1.29, 1.82) is 0 Å². The van der Waals surface area contributed by atoms with Crippen LogP contribution in [0.2, 0.25) is 0 Å². The maximum atomic E-state index is 13.7. The lowest BCUT2D eigenvalue weighted by Crippen LogP contribution is -2.44. The molecule has 1 atom stereocenters. The van der Waals surface area contributed by atoms with Crippen LogP contribution in [-0.2, 0) is 22.4 Å². The monoisotopic (exact) mass is 394 g/mol. The Morgan fingerprint density at radius 1 is 1.14 bits per heavy atom. The van der Waals surface area contributed by atoms with Gasteiger partial charge in [0, 0.05) is 24.2 Å². The number of hydrogen-bond donors (Lipinski definition) is 3. The molecular weight excluding hydrogens is 375 g/mol. The van der Waals surface area contributed by atoms with Crippen molar-refractivity contribution < 1.29 is 18.7 Å². The maximum absolute atomic E-state index is 13.7. The number of carbonyl (C=O) groups is 2. The van der Waals surface area contributed by atoms with Crippen LogP contribution in [0.3, 0.4) is 0 Å². The quantitative estimate of drug-likeness (QED) is 0.593. The third-order valence-corrected chi connectivity index (χ3v) is 4.72. The SMILES string of the molecule is O=C(Nc1cc(F)ccc1Oc1ccccc1)C(=O)N[C@H]1CCc2cn[nH]c2C1. The molecule has 1 aromatic heterocycles. The van der Waals surface area contributed by atoms with Crippen molar-refractivity contribution in [2.24, 2.45) is 0 Å². The molecule has 148 valence electrons. The predicted octanol–water partition coefficient (Wildman–Crippen LogP) is 2.95. The molecule has 3 aromatic rings. The fraction of sp³-hybridized carbons (Fsp3) is 0.190. The Balaban J connectivity index is 1.42. The van der Waals surface area contributed by atoms with Crippen molar-refractivity contribution in [2.75, 3.05) is 5.32 Å². The number of nitrogens with one attached hydrogen (secondary N) is 3. The number of amides is 2. The fourth-order valence-electron chi connectivity index (χ4n) is 3.27. The molecule has 1 aliphatic carbocycles. The molecule has 0 unspecified atom stereocenters. The molecule has 7 nitrogen and oxygen atoms in total. The van der Waals surface area contributed by atoms with Crippen LogP contribution in [0.1, 0.15) is 17.7 Å². The van der Waals surface area contributed by atoms with Gasteiger partial charge in [0.2, 0.25) is 0 Å². The summed E-state index contributed by atoms with van der Waals surface area (Å²) in [5.41, 5.74) is 2.17. The number of fused-ring (bicyclic) bond motifs is 1. The number of aromatic amines is 1. The zero-order valence-corrected chi connectivity index (χ0v) is 15.4. The number of rotatable bonds is 4. The summed E-state index contributed by atoms with van der Waals surface area (Å²) in [5.74, 6) is -1.47. The van der Waals surface area contributed by atoms with E-state index in [1.807, 2.05) is 6.07 Å². The predicted molar refractivity (Wildman–Crippen MR) is 104 cm³/mol. The number of nitrogens with zero attached hydrogens (tertiary/aromatic N) is 1. The normalized spacial score (nSPS) is 15.3. The Hall–Kier alpha value is -3.68. The van der Waals surface area contributed by atoms with Crippen molar-refractivity contribution in [2.45, 2.75) is 25.3 Å². The van der Waals surface area contributed by atoms with E-state index < -0.39 is 17.6 Å². The number of ether oxygens (including phenoxy) is 1. The molecule has 1 heterocycles. The third-order valence-electron chi connectivity index (χ3n) is 4.72. The highest BCUT2D eigenvalue weighted by Gasteiger charge is 2.25. The van der Waals surface area contributed by atoms with Gasteiger partial charge in [-0.1, -0.05) is 18.2 Å². The summed E-state index contributed by atoms with van der Waals surface area (Å²) >= 11 is 0. The van der Waals surface area contributed by atoms with Crippen molar-refractivity contribution in [1.82, 2.24) is 15.5 Å². The minimum absolute atomic E-state index is 0.0773. The van der Waals surface area contributed by atoms with Crippen molar-refractivity contribution >= 4 is 17.5 Å². The lowest BCUT2D eigenvalue weighted by atomic mass is 9.94. The van der Waals surface area contributed by atoms with Gasteiger partial charge in [0.05, 0.1) is 11.9 Å². The molecule has 0 fully saturated rings. The van der Waals surface area contributed by atoms with Gasteiger partial charge in [0.15, 0.2) is 5.75 Å². The Labute approximate surface area is 166 Å². The topological polar surface area (TPSA) is 96.1 Å². The van der Waals surface area contributed by atoms with Crippen molar-refractivity contribution in [3.63, 3.8) is 0 Å². The van der Waals surface area contributed by atoms with Gasteiger partial charge >= 0.3 is 11.8 Å². The number of aryl methyl sites for hydroxylation is 1. The molecule has 3 N–H and O–H groups in total. The van der Waals surface area contributed by atoms with Gasteiger partial charge in [-0.05, 0) is 42.7 Å². The molecule has 29 heavy (non-hydrogen) atoms. The number of para-hydroxylation sites is 1. The summed E-state index contributed by atoms with van der Waals surface area (Å²) in [6, 6.07) is 12.4. The molecule has 0 bridgehead atoms. The van der Waals surface area contributed by atoms with Crippen LogP contribution in [0.4, 0.5) is 10.1 Å². The molecule has 0 saturated heterocycles. The molecule has 0 saturated carbocycles. The average Bonchev–Trinajstić information content (AvgIpc) is 3.18. The van der Waals surface area contributed by atoms with Gasteiger partial charge in [-0.2, -0.15) is 5.10 Å². The zero-order chi connectivity index (χ0) is 20.2. The highest BCUT2D eigenvalue weighted by Crippen LogP contribution is 2.30. The highest BCUT2D eigenvalue weighted by molar-refractivity contribution is 6.39. The van der Waals surface area contributed by atoms with Gasteiger partial charge in [0.1, 0.15) is 11.6 Å². The molecule has 2 aromatic carbocycles. The maximum Gasteiger partial charge on any atom is 0.313 e. The number of aromatic nitrogens is 2. The zero-order valence-electron chi connectivity index (χ0n) is 15.4. The van der Waals surface area contributed by atoms with Crippen LogP contribution in [0.5, 0.6) is 11.5 Å². The van der Waals surface area contributed by atoms with Crippen LogP contribution in [0, 0.1) is 5.82 Å². The van der Waals surface area contributed by atoms with Crippen LogP contribution in [0.25, 0.3) is 0 Å². The number of H-pyrrole nitrogens is 1. The molecule has 2 amide bonds. The summed E-state index contributed by atoms with van der Waals surface area (Å²) in [6.45, 7) is 0. The lowest BCUT2D eigenvalue weighted by molar-refractivity contribution is -0.136. The first-order valence-electron chi connectivity index (χ1n) is 9.24. The molecule has 0 aliphatic heterocycles. The van der Waals surface area contributed by atoms with Crippen molar-refractivity contribution in [3.8, 4) is 11.5 Å². The minimum atomic E-state index is -0.885. The van der Waals surface area contributed by atoms with Crippen LogP contribution < -0.4 is 15.4 Å². The highest BCUT2D eigenvalue weighted by atomic mass is 19.1. The van der Waals surface area contributed by atoms with E-state index in [2.05, 4.69) is 20.8 Å². The second kappa shape index (κ2) is 8.14. The summed E-state index contributed by atoms with van der Waals surface area (Å²) in [7, 11) is 0. The second-order valence-corrected chi connectivity index (χ2v) is 6.80. The van der Waals surface area contributed by atoms with Crippen LogP contribution in [-0.4, -0.2) is 28.1 Å². The first-order chi connectivity index (χ1) is 14.1. The van der Waals surface area contributed by atoms with Crippen LogP contribution in [0.15, 0.2) is 54.7 Å². The van der Waals surface area contributed by atoms with Gasteiger partial charge in [0.25, 0.3) is 0 Å². The smallest absolute Gasteiger partial charge is 0.313 e. The number of benzene rings is 2. The largest absolute Gasteiger partial charge is 0.455 e. The van der Waals surface area contributed by atoms with E-state index in [1.165, 1.54) is 12.1 Å². The summed E-state index contributed by atoms with van der Waals surface area (Å²) < 4.78 is 19.4. The molecule has 0 spiro atoms. The number of hydrogen-bond acceptors (Lipinski definition) is 4. The van der Waals surface area contributed by atoms with Gasteiger partial charge in [-0.3, -0.25) is 14.7 Å². The lowest BCUT2D eigenvalue weighted by Gasteiger charge is -2.22. The van der Waals surface area contributed by atoms with Crippen LogP contribution >= 0.6 is 0 Å². The number of carbonyl (C=O) groups excluding carboxylic acids is 2. The summed E-state index contributed by atoms with van der Waals surface area (Å²) in [4.78, 5) is 24.7. The van der Waals surface area contributed by atoms with E-state index in [1.54, 1.807) is 30.5 Å². The van der Waals surface area contributed by atoms with Gasteiger partial charge < -0.3 is 15.4 Å². The Morgan fingerprint density at radius 2 is 1.97 bits per heavy atom. The average molecular weight is 394 g/mol. The molecule has 0 radical (unpaired) electrons. The number of halogens is 1. The Morgan fingerprint density at radius 3 is 2.79 bits per heavy atom. The first kappa shape index (κ1) is 18.7. The summed E-state index contributed by atoms with van der Waals surface area (Å²) in [6.07, 6.45) is 3.85. The Kier molecular flexibility index (Phi) is 5.24. The van der Waals surface area contributed by atoms with E-state index in [9.17, 15) is 14.0 Å². The van der Waals surface area contributed by atoms with E-state index in [0.717, 1.165) is 23.7 Å². The standard InChI is InChI=1S/C21H19FN4O3/c22-14-7-9-19(29-16-4-2-1-3-5-16)18(10-14)25-21(28)20(27)24-15-8-6-13-12-23-26-17(13)11-15/h1-5,7,9-10,12,15H,6,8,11H2,(H,23,26)(H,24,27)(H,25,28)/t15-/m0/s1. The number of anilines is 1. The molecule has 4 rings (SSSR count). The first-order valence-corrected chi connectivity index (χ1v) is 9.24. The molecule has 8 heteroatoms. The second-order valence-electron chi connectivity index (χ2n) is 6.80. The van der Waals surface area contributed by atoms with E-state index in [-0.39, 0.29) is 17.5 Å². The van der Waals surface area contributed by atoms with E-state index in [4.69, 9.17) is 4.74 Å². The van der Waals surface area contributed by atoms with Gasteiger partial charge in [-0.15, -0.1) is 0 Å².